The molecule has 148 valence electrons. The topological polar surface area (TPSA) is 106 Å². The third-order valence-electron chi connectivity index (χ3n) is 5.18. The van der Waals surface area contributed by atoms with Crippen molar-refractivity contribution in [2.75, 3.05) is 0 Å². The molecule has 28 heavy (non-hydrogen) atoms. The number of ether oxygens (including phenoxy) is 1. The van der Waals surface area contributed by atoms with E-state index in [0.717, 1.165) is 40.8 Å². The van der Waals surface area contributed by atoms with E-state index in [0.29, 0.717) is 17.7 Å². The Labute approximate surface area is 165 Å². The molecule has 0 unspecified atom stereocenters. The van der Waals surface area contributed by atoms with Crippen molar-refractivity contribution in [1.29, 1.82) is 0 Å². The van der Waals surface area contributed by atoms with Gasteiger partial charge < -0.3 is 21.3 Å². The second-order valence-corrected chi connectivity index (χ2v) is 7.88. The highest BCUT2D eigenvalue weighted by Crippen LogP contribution is 2.44. The van der Waals surface area contributed by atoms with E-state index in [9.17, 15) is 5.11 Å². The maximum atomic E-state index is 11.0. The van der Waals surface area contributed by atoms with Gasteiger partial charge in [0.15, 0.2) is 0 Å². The zero-order valence-corrected chi connectivity index (χ0v) is 16.9. The van der Waals surface area contributed by atoms with E-state index in [-0.39, 0.29) is 17.3 Å². The van der Waals surface area contributed by atoms with Crippen LogP contribution in [0.4, 0.5) is 0 Å². The minimum atomic E-state index is -0.255. The van der Waals surface area contributed by atoms with E-state index >= 15 is 0 Å². The molecule has 0 atom stereocenters. The summed E-state index contributed by atoms with van der Waals surface area (Å²) in [5.74, 6) is 0.904. The summed E-state index contributed by atoms with van der Waals surface area (Å²) in [7, 11) is 0. The van der Waals surface area contributed by atoms with Crippen LogP contribution < -0.4 is 16.2 Å². The molecule has 2 aromatic rings. The Kier molecular flexibility index (Phi) is 5.31. The van der Waals surface area contributed by atoms with Gasteiger partial charge in [-0.25, -0.2) is 0 Å². The molecule has 0 spiro atoms. The number of phenolic OH excluding ortho intramolecular Hbond substituents is 1. The van der Waals surface area contributed by atoms with Crippen LogP contribution in [0.15, 0.2) is 40.5 Å². The molecular weight excluding hydrogens is 352 g/mol. The van der Waals surface area contributed by atoms with E-state index < -0.39 is 0 Å². The van der Waals surface area contributed by atoms with Crippen molar-refractivity contribution in [3.05, 3.63) is 58.1 Å². The lowest BCUT2D eigenvalue weighted by atomic mass is 9.86. The summed E-state index contributed by atoms with van der Waals surface area (Å²) in [6, 6.07) is 9.89. The van der Waals surface area contributed by atoms with Gasteiger partial charge in [-0.2, -0.15) is 5.10 Å². The molecule has 2 aromatic carbocycles. The minimum absolute atomic E-state index is 0.130. The third-order valence-corrected chi connectivity index (χ3v) is 5.18. The van der Waals surface area contributed by atoms with Crippen LogP contribution in [0, 0.1) is 13.8 Å². The zero-order chi connectivity index (χ0) is 20.5. The monoisotopic (exact) mass is 380 g/mol. The summed E-state index contributed by atoms with van der Waals surface area (Å²) >= 11 is 0. The number of hydrogen-bond donors (Lipinski definition) is 3. The van der Waals surface area contributed by atoms with Gasteiger partial charge in [-0.3, -0.25) is 0 Å². The Balaban J connectivity index is 2.18. The maximum absolute atomic E-state index is 11.0. The predicted octanol–water partition coefficient (Wildman–Crippen LogP) is 3.33. The Morgan fingerprint density at radius 2 is 1.79 bits per heavy atom. The molecule has 0 saturated heterocycles. The Morgan fingerprint density at radius 1 is 1.11 bits per heavy atom. The fraction of sp³-hybridized carbons (Fsp3) is 0.364. The predicted molar refractivity (Wildman–Crippen MR) is 113 cm³/mol. The number of rotatable bonds is 4. The summed E-state index contributed by atoms with van der Waals surface area (Å²) in [5, 5.41) is 19.2. The van der Waals surface area contributed by atoms with Crippen LogP contribution in [0.5, 0.6) is 11.5 Å². The Morgan fingerprint density at radius 3 is 2.43 bits per heavy atom. The van der Waals surface area contributed by atoms with Crippen LogP contribution in [0.3, 0.4) is 0 Å². The smallest absolute Gasteiger partial charge is 0.211 e. The molecule has 0 saturated carbocycles. The average molecular weight is 380 g/mol. The number of hydrogen-bond acceptors (Lipinski definition) is 4. The molecule has 3 rings (SSSR count). The second kappa shape index (κ2) is 7.54. The number of nitrogens with two attached hydrogens (primary N) is 2. The molecule has 1 heterocycles. The van der Waals surface area contributed by atoms with Gasteiger partial charge in [0.1, 0.15) is 17.1 Å². The highest BCUT2D eigenvalue weighted by atomic mass is 16.5. The average Bonchev–Trinajstić information content (AvgIpc) is 2.64. The van der Waals surface area contributed by atoms with Gasteiger partial charge in [-0.15, -0.1) is 5.10 Å². The quantitative estimate of drug-likeness (QED) is 0.430. The highest BCUT2D eigenvalue weighted by molar-refractivity contribution is 6.06. The molecule has 0 radical (unpaired) electrons. The van der Waals surface area contributed by atoms with Gasteiger partial charge in [-0.1, -0.05) is 30.3 Å². The molecule has 6 nitrogen and oxygen atoms in total. The molecule has 6 heteroatoms. The molecule has 0 aliphatic carbocycles. The van der Waals surface area contributed by atoms with Gasteiger partial charge in [0.25, 0.3) is 0 Å². The van der Waals surface area contributed by atoms with Crippen LogP contribution >= 0.6 is 0 Å². The van der Waals surface area contributed by atoms with Gasteiger partial charge in [0, 0.05) is 23.1 Å². The number of fused-ring (bicyclic) bond motifs is 1. The molecule has 0 amide bonds. The molecule has 0 fully saturated rings. The summed E-state index contributed by atoms with van der Waals surface area (Å²) in [5.41, 5.74) is 15.7. The van der Waals surface area contributed by atoms with Gasteiger partial charge in [0.05, 0.1) is 5.71 Å². The molecule has 5 N–H and O–H groups in total. The van der Waals surface area contributed by atoms with Crippen molar-refractivity contribution >= 4 is 11.7 Å². The van der Waals surface area contributed by atoms with Crippen molar-refractivity contribution in [2.24, 2.45) is 21.7 Å². The number of aromatic hydroxyl groups is 1. The summed E-state index contributed by atoms with van der Waals surface area (Å²) in [6.45, 7) is 8.02. The van der Waals surface area contributed by atoms with Crippen molar-refractivity contribution < 1.29 is 9.84 Å². The highest BCUT2D eigenvalue weighted by Gasteiger charge is 2.32. The van der Waals surface area contributed by atoms with Crippen LogP contribution in [-0.4, -0.2) is 22.4 Å². The number of benzene rings is 2. The SMILES string of the molecule is Cc1c(O)c(/C(Cc2ccccc2)=N/N=C(N)N)c(C)c2c1CCC(C)(C)O2. The number of nitrogens with zero attached hydrogens (tertiary/aromatic N) is 2. The van der Waals surface area contributed by atoms with Crippen LogP contribution in [-0.2, 0) is 12.8 Å². The van der Waals surface area contributed by atoms with Crippen LogP contribution in [0.25, 0.3) is 0 Å². The Hall–Kier alpha value is -3.02. The van der Waals surface area contributed by atoms with E-state index in [1.807, 2.05) is 44.2 Å². The normalized spacial score (nSPS) is 15.5. The second-order valence-electron chi connectivity index (χ2n) is 7.88. The standard InChI is InChI=1S/C22H28N4O2/c1-13-16-10-11-22(3,4)28-20(16)14(2)18(19(13)27)17(25-26-21(23)24)12-15-8-6-5-7-9-15/h5-9,27H,10-12H2,1-4H3,(H4,23,24,26)/b25-17+. The summed E-state index contributed by atoms with van der Waals surface area (Å²) in [4.78, 5) is 0. The molecule has 1 aliphatic rings. The summed E-state index contributed by atoms with van der Waals surface area (Å²) < 4.78 is 6.30. The molecule has 0 bridgehead atoms. The van der Waals surface area contributed by atoms with E-state index in [1.165, 1.54) is 0 Å². The van der Waals surface area contributed by atoms with Gasteiger partial charge in [-0.05, 0) is 51.7 Å². The van der Waals surface area contributed by atoms with Gasteiger partial charge in [0.2, 0.25) is 5.96 Å². The van der Waals surface area contributed by atoms with Crippen molar-refractivity contribution in [2.45, 2.75) is 52.6 Å². The lowest BCUT2D eigenvalue weighted by molar-refractivity contribution is 0.0832. The first kappa shape index (κ1) is 19.7. The fourth-order valence-corrected chi connectivity index (χ4v) is 3.64. The number of guanidine groups is 1. The Bertz CT molecular complexity index is 943. The largest absolute Gasteiger partial charge is 0.507 e. The molecule has 1 aliphatic heterocycles. The van der Waals surface area contributed by atoms with Crippen LogP contribution in [0.1, 0.15) is 48.1 Å². The van der Waals surface area contributed by atoms with Crippen molar-refractivity contribution in [3.63, 3.8) is 0 Å². The van der Waals surface area contributed by atoms with Crippen LogP contribution in [0.2, 0.25) is 0 Å². The van der Waals surface area contributed by atoms with Crippen molar-refractivity contribution in [3.8, 4) is 11.5 Å². The maximum Gasteiger partial charge on any atom is 0.211 e. The van der Waals surface area contributed by atoms with Gasteiger partial charge >= 0.3 is 0 Å². The first-order valence-electron chi connectivity index (χ1n) is 9.43. The lowest BCUT2D eigenvalue weighted by Crippen LogP contribution is -2.33. The van der Waals surface area contributed by atoms with E-state index in [1.54, 1.807) is 0 Å². The van der Waals surface area contributed by atoms with E-state index in [4.69, 9.17) is 16.2 Å². The van der Waals surface area contributed by atoms with E-state index in [2.05, 4.69) is 24.1 Å². The molecule has 0 aromatic heterocycles. The lowest BCUT2D eigenvalue weighted by Gasteiger charge is -2.35. The first-order valence-corrected chi connectivity index (χ1v) is 9.43. The minimum Gasteiger partial charge on any atom is -0.507 e. The molecular formula is C22H28N4O2. The third kappa shape index (κ3) is 3.96. The fourth-order valence-electron chi connectivity index (χ4n) is 3.64. The zero-order valence-electron chi connectivity index (χ0n) is 16.9. The number of phenols is 1. The van der Waals surface area contributed by atoms with Crippen molar-refractivity contribution in [1.82, 2.24) is 0 Å². The first-order chi connectivity index (χ1) is 13.2. The summed E-state index contributed by atoms with van der Waals surface area (Å²) in [6.07, 6.45) is 2.24.